The molecule has 15 heavy (non-hydrogen) atoms. The van der Waals surface area contributed by atoms with Gasteiger partial charge in [-0.05, 0) is 37.7 Å². The maximum atomic E-state index is 9.30. The van der Waals surface area contributed by atoms with Gasteiger partial charge in [-0.1, -0.05) is 13.8 Å². The maximum absolute atomic E-state index is 9.30. The van der Waals surface area contributed by atoms with E-state index >= 15 is 0 Å². The lowest BCUT2D eigenvalue weighted by Crippen LogP contribution is -2.14. The van der Waals surface area contributed by atoms with Crippen LogP contribution in [0.3, 0.4) is 0 Å². The van der Waals surface area contributed by atoms with Crippen LogP contribution in [-0.2, 0) is 13.5 Å². The molecule has 0 aliphatic rings. The standard InChI is InChI=1S/C12H22N2O/c1-9(2)5-11(8-15)7-12-6-10(3)13-14(12)4/h6,9,11,15H,5,7-8H2,1-4H3. The lowest BCUT2D eigenvalue weighted by atomic mass is 9.93. The van der Waals surface area contributed by atoms with E-state index < -0.39 is 0 Å². The Kier molecular flexibility index (Phi) is 4.33. The SMILES string of the molecule is Cc1cc(CC(CO)CC(C)C)n(C)n1. The van der Waals surface area contributed by atoms with Crippen LogP contribution in [0.15, 0.2) is 6.07 Å². The minimum absolute atomic E-state index is 0.266. The molecule has 0 aliphatic heterocycles. The molecule has 0 amide bonds. The van der Waals surface area contributed by atoms with Gasteiger partial charge in [-0.3, -0.25) is 4.68 Å². The summed E-state index contributed by atoms with van der Waals surface area (Å²) in [6, 6.07) is 2.10. The molecule has 1 N–H and O–H groups in total. The van der Waals surface area contributed by atoms with Crippen molar-refractivity contribution in [3.8, 4) is 0 Å². The largest absolute Gasteiger partial charge is 0.396 e. The molecule has 0 fully saturated rings. The van der Waals surface area contributed by atoms with Crippen molar-refractivity contribution >= 4 is 0 Å². The molecule has 0 spiro atoms. The molecular weight excluding hydrogens is 188 g/mol. The van der Waals surface area contributed by atoms with Gasteiger partial charge in [0.1, 0.15) is 0 Å². The Morgan fingerprint density at radius 2 is 2.13 bits per heavy atom. The third kappa shape index (κ3) is 3.67. The molecule has 1 rings (SSSR count). The number of rotatable bonds is 5. The molecule has 3 nitrogen and oxygen atoms in total. The number of aryl methyl sites for hydroxylation is 2. The summed E-state index contributed by atoms with van der Waals surface area (Å²) < 4.78 is 1.92. The predicted molar refractivity (Wildman–Crippen MR) is 61.7 cm³/mol. The molecule has 3 heteroatoms. The van der Waals surface area contributed by atoms with E-state index in [1.165, 1.54) is 5.69 Å². The van der Waals surface area contributed by atoms with Crippen molar-refractivity contribution in [3.05, 3.63) is 17.5 Å². The molecule has 1 unspecified atom stereocenters. The van der Waals surface area contributed by atoms with Gasteiger partial charge < -0.3 is 5.11 Å². The Balaban J connectivity index is 2.62. The fourth-order valence-corrected chi connectivity index (χ4v) is 2.04. The topological polar surface area (TPSA) is 38.0 Å². The molecule has 1 atom stereocenters. The third-order valence-corrected chi connectivity index (χ3v) is 2.66. The van der Waals surface area contributed by atoms with Gasteiger partial charge in [0.2, 0.25) is 0 Å². The van der Waals surface area contributed by atoms with Gasteiger partial charge >= 0.3 is 0 Å². The number of hydrogen-bond acceptors (Lipinski definition) is 2. The first kappa shape index (κ1) is 12.2. The Morgan fingerprint density at radius 3 is 2.53 bits per heavy atom. The van der Waals surface area contributed by atoms with E-state index in [2.05, 4.69) is 25.0 Å². The maximum Gasteiger partial charge on any atom is 0.0596 e. The van der Waals surface area contributed by atoms with E-state index in [9.17, 15) is 5.11 Å². The lowest BCUT2D eigenvalue weighted by molar-refractivity contribution is 0.203. The Hall–Kier alpha value is -0.830. The average molecular weight is 210 g/mol. The summed E-state index contributed by atoms with van der Waals surface area (Å²) >= 11 is 0. The second kappa shape index (κ2) is 5.31. The average Bonchev–Trinajstić information content (AvgIpc) is 2.43. The van der Waals surface area contributed by atoms with Crippen molar-refractivity contribution in [2.75, 3.05) is 6.61 Å². The molecule has 1 aromatic rings. The second-order valence-corrected chi connectivity index (χ2v) is 4.78. The van der Waals surface area contributed by atoms with Gasteiger partial charge in [-0.15, -0.1) is 0 Å². The second-order valence-electron chi connectivity index (χ2n) is 4.78. The molecule has 0 aromatic carbocycles. The third-order valence-electron chi connectivity index (χ3n) is 2.66. The Labute approximate surface area is 92.1 Å². The summed E-state index contributed by atoms with van der Waals surface area (Å²) in [6.07, 6.45) is 1.99. The van der Waals surface area contributed by atoms with Gasteiger partial charge in [-0.25, -0.2) is 0 Å². The molecule has 0 bridgehead atoms. The fourth-order valence-electron chi connectivity index (χ4n) is 2.04. The van der Waals surface area contributed by atoms with Crippen LogP contribution >= 0.6 is 0 Å². The van der Waals surface area contributed by atoms with E-state index in [0.717, 1.165) is 18.5 Å². The van der Waals surface area contributed by atoms with Crippen LogP contribution in [-0.4, -0.2) is 21.5 Å². The van der Waals surface area contributed by atoms with Crippen LogP contribution in [0.2, 0.25) is 0 Å². The predicted octanol–water partition coefficient (Wildman–Crippen LogP) is 1.93. The summed E-state index contributed by atoms with van der Waals surface area (Å²) in [5.41, 5.74) is 2.26. The molecule has 0 saturated heterocycles. The van der Waals surface area contributed by atoms with Crippen LogP contribution in [0.25, 0.3) is 0 Å². The van der Waals surface area contributed by atoms with E-state index in [4.69, 9.17) is 0 Å². The number of nitrogens with zero attached hydrogens (tertiary/aromatic N) is 2. The van der Waals surface area contributed by atoms with Crippen molar-refractivity contribution in [1.82, 2.24) is 9.78 Å². The highest BCUT2D eigenvalue weighted by Gasteiger charge is 2.13. The highest BCUT2D eigenvalue weighted by Crippen LogP contribution is 2.17. The highest BCUT2D eigenvalue weighted by atomic mass is 16.3. The molecule has 1 heterocycles. The monoisotopic (exact) mass is 210 g/mol. The van der Waals surface area contributed by atoms with Gasteiger partial charge in [0, 0.05) is 19.3 Å². The Morgan fingerprint density at radius 1 is 1.47 bits per heavy atom. The van der Waals surface area contributed by atoms with Crippen molar-refractivity contribution < 1.29 is 5.11 Å². The molecule has 0 aliphatic carbocycles. The molecular formula is C12H22N2O. The number of aliphatic hydroxyl groups is 1. The number of hydrogen-bond donors (Lipinski definition) is 1. The quantitative estimate of drug-likeness (QED) is 0.806. The smallest absolute Gasteiger partial charge is 0.0596 e. The minimum Gasteiger partial charge on any atom is -0.396 e. The van der Waals surface area contributed by atoms with E-state index in [0.29, 0.717) is 11.8 Å². The normalized spacial score (nSPS) is 13.5. The zero-order valence-corrected chi connectivity index (χ0v) is 10.2. The van der Waals surface area contributed by atoms with Crippen LogP contribution in [0.4, 0.5) is 0 Å². The first-order chi connectivity index (χ1) is 7.02. The summed E-state index contributed by atoms with van der Waals surface area (Å²) in [7, 11) is 1.96. The summed E-state index contributed by atoms with van der Waals surface area (Å²) in [4.78, 5) is 0. The van der Waals surface area contributed by atoms with Crippen molar-refractivity contribution in [2.45, 2.75) is 33.6 Å². The van der Waals surface area contributed by atoms with Crippen LogP contribution in [0.5, 0.6) is 0 Å². The highest BCUT2D eigenvalue weighted by molar-refractivity contribution is 5.09. The fraction of sp³-hybridized carbons (Fsp3) is 0.750. The van der Waals surface area contributed by atoms with Gasteiger partial charge in [0.05, 0.1) is 5.69 Å². The molecule has 0 saturated carbocycles. The molecule has 1 aromatic heterocycles. The molecule has 86 valence electrons. The van der Waals surface area contributed by atoms with E-state index in [1.807, 2.05) is 18.7 Å². The van der Waals surface area contributed by atoms with Crippen LogP contribution in [0, 0.1) is 18.8 Å². The lowest BCUT2D eigenvalue weighted by Gasteiger charge is -2.16. The van der Waals surface area contributed by atoms with Crippen molar-refractivity contribution in [3.63, 3.8) is 0 Å². The van der Waals surface area contributed by atoms with E-state index in [1.54, 1.807) is 0 Å². The summed E-state index contributed by atoms with van der Waals surface area (Å²) in [6.45, 7) is 6.65. The van der Waals surface area contributed by atoms with Gasteiger partial charge in [-0.2, -0.15) is 5.10 Å². The van der Waals surface area contributed by atoms with E-state index in [-0.39, 0.29) is 6.61 Å². The van der Waals surface area contributed by atoms with Crippen LogP contribution < -0.4 is 0 Å². The summed E-state index contributed by atoms with van der Waals surface area (Å²) in [5.74, 6) is 0.997. The van der Waals surface area contributed by atoms with Crippen molar-refractivity contribution in [1.29, 1.82) is 0 Å². The number of aromatic nitrogens is 2. The zero-order valence-electron chi connectivity index (χ0n) is 10.2. The van der Waals surface area contributed by atoms with Crippen LogP contribution in [0.1, 0.15) is 31.7 Å². The Bertz CT molecular complexity index is 305. The van der Waals surface area contributed by atoms with Gasteiger partial charge in [0.15, 0.2) is 0 Å². The first-order valence-electron chi connectivity index (χ1n) is 5.63. The molecule has 0 radical (unpaired) electrons. The van der Waals surface area contributed by atoms with Crippen molar-refractivity contribution in [2.24, 2.45) is 18.9 Å². The zero-order chi connectivity index (χ0) is 11.4. The van der Waals surface area contributed by atoms with Gasteiger partial charge in [0.25, 0.3) is 0 Å². The minimum atomic E-state index is 0.266. The summed E-state index contributed by atoms with van der Waals surface area (Å²) in [5, 5.41) is 13.6. The number of aliphatic hydroxyl groups excluding tert-OH is 1. The first-order valence-corrected chi connectivity index (χ1v) is 5.63.